The van der Waals surface area contributed by atoms with E-state index in [-0.39, 0.29) is 11.3 Å². The Morgan fingerprint density at radius 3 is 2.65 bits per heavy atom. The van der Waals surface area contributed by atoms with Gasteiger partial charge in [-0.25, -0.2) is 0 Å². The van der Waals surface area contributed by atoms with E-state index in [1.807, 2.05) is 4.90 Å². The molecule has 0 aromatic heterocycles. The number of amides is 1. The Balaban J connectivity index is 1.62. The van der Waals surface area contributed by atoms with Crippen LogP contribution in [-0.4, -0.2) is 17.4 Å². The van der Waals surface area contributed by atoms with Crippen LogP contribution in [0.5, 0.6) is 0 Å². The van der Waals surface area contributed by atoms with Gasteiger partial charge in [-0.3, -0.25) is 4.79 Å². The molecule has 2 atom stereocenters. The number of benzene rings is 2. The number of carbonyl (C=O) groups is 1. The lowest BCUT2D eigenvalue weighted by Gasteiger charge is -2.23. The number of rotatable bonds is 2. The standard InChI is InChI=1S/C18H19NO/c1-18(2)15-11-19(17(20)16(15)18)10-13-8-5-7-12-6-3-4-9-14(12)13/h3-9,15-16H,10-11H2,1-2H3. The lowest BCUT2D eigenvalue weighted by Crippen LogP contribution is -2.31. The molecule has 2 nitrogen and oxygen atoms in total. The first-order chi connectivity index (χ1) is 9.59. The molecule has 1 saturated carbocycles. The van der Waals surface area contributed by atoms with Gasteiger partial charge in [0.25, 0.3) is 0 Å². The second kappa shape index (κ2) is 3.85. The van der Waals surface area contributed by atoms with Gasteiger partial charge in [0.2, 0.25) is 5.91 Å². The van der Waals surface area contributed by atoms with Crippen LogP contribution in [0.4, 0.5) is 0 Å². The van der Waals surface area contributed by atoms with Crippen LogP contribution in [0.1, 0.15) is 19.4 Å². The normalized spacial score (nSPS) is 26.9. The van der Waals surface area contributed by atoms with Crippen molar-refractivity contribution in [1.29, 1.82) is 0 Å². The predicted molar refractivity (Wildman–Crippen MR) is 80.1 cm³/mol. The van der Waals surface area contributed by atoms with E-state index >= 15 is 0 Å². The zero-order valence-corrected chi connectivity index (χ0v) is 12.0. The van der Waals surface area contributed by atoms with Crippen molar-refractivity contribution in [3.05, 3.63) is 48.0 Å². The largest absolute Gasteiger partial charge is 0.338 e. The molecule has 0 radical (unpaired) electrons. The Kier molecular flexibility index (Phi) is 2.30. The number of carbonyl (C=O) groups excluding carboxylic acids is 1. The van der Waals surface area contributed by atoms with E-state index < -0.39 is 0 Å². The molecule has 1 heterocycles. The van der Waals surface area contributed by atoms with Gasteiger partial charge in [0, 0.05) is 19.0 Å². The summed E-state index contributed by atoms with van der Waals surface area (Å²) in [7, 11) is 0. The van der Waals surface area contributed by atoms with Crippen LogP contribution in [0.2, 0.25) is 0 Å². The lowest BCUT2D eigenvalue weighted by molar-refractivity contribution is -0.131. The van der Waals surface area contributed by atoms with Crippen molar-refractivity contribution in [2.45, 2.75) is 20.4 Å². The summed E-state index contributed by atoms with van der Waals surface area (Å²) >= 11 is 0. The maximum Gasteiger partial charge on any atom is 0.226 e. The highest BCUT2D eigenvalue weighted by atomic mass is 16.2. The number of likely N-dealkylation sites (tertiary alicyclic amines) is 1. The van der Waals surface area contributed by atoms with Crippen molar-refractivity contribution in [1.82, 2.24) is 4.90 Å². The van der Waals surface area contributed by atoms with E-state index in [1.165, 1.54) is 16.3 Å². The molecule has 2 unspecified atom stereocenters. The maximum absolute atomic E-state index is 12.4. The SMILES string of the molecule is CC1(C)C2CN(Cc3cccc4ccccc34)C(=O)C21. The van der Waals surface area contributed by atoms with E-state index in [1.54, 1.807) is 0 Å². The quantitative estimate of drug-likeness (QED) is 0.814. The van der Waals surface area contributed by atoms with Gasteiger partial charge in [0.15, 0.2) is 0 Å². The van der Waals surface area contributed by atoms with Gasteiger partial charge in [0.1, 0.15) is 0 Å². The predicted octanol–water partition coefficient (Wildman–Crippen LogP) is 3.45. The van der Waals surface area contributed by atoms with E-state index in [4.69, 9.17) is 0 Å². The monoisotopic (exact) mass is 265 g/mol. The van der Waals surface area contributed by atoms with Crippen LogP contribution in [0.15, 0.2) is 42.5 Å². The highest BCUT2D eigenvalue weighted by molar-refractivity contribution is 5.88. The lowest BCUT2D eigenvalue weighted by atomic mass is 10.0. The Labute approximate surface area is 119 Å². The molecule has 1 saturated heterocycles. The maximum atomic E-state index is 12.4. The first-order valence-corrected chi connectivity index (χ1v) is 7.34. The summed E-state index contributed by atoms with van der Waals surface area (Å²) in [4.78, 5) is 14.5. The highest BCUT2D eigenvalue weighted by Crippen LogP contribution is 2.62. The third-order valence-corrected chi connectivity index (χ3v) is 5.29. The summed E-state index contributed by atoms with van der Waals surface area (Å²) in [5.74, 6) is 1.20. The van der Waals surface area contributed by atoms with Gasteiger partial charge in [0.05, 0.1) is 0 Å². The fourth-order valence-electron chi connectivity index (χ4n) is 3.88. The van der Waals surface area contributed by atoms with Crippen molar-refractivity contribution in [3.8, 4) is 0 Å². The molecule has 1 aliphatic heterocycles. The molecule has 4 rings (SSSR count). The van der Waals surface area contributed by atoms with E-state index in [2.05, 4.69) is 56.3 Å². The third-order valence-electron chi connectivity index (χ3n) is 5.29. The van der Waals surface area contributed by atoms with Crippen LogP contribution in [0.25, 0.3) is 10.8 Å². The summed E-state index contributed by atoms with van der Waals surface area (Å²) in [6, 6.07) is 14.8. The first kappa shape index (κ1) is 12.0. The molecule has 1 amide bonds. The topological polar surface area (TPSA) is 20.3 Å². The van der Waals surface area contributed by atoms with Crippen LogP contribution in [0, 0.1) is 17.3 Å². The second-order valence-corrected chi connectivity index (χ2v) is 6.76. The Morgan fingerprint density at radius 2 is 1.90 bits per heavy atom. The first-order valence-electron chi connectivity index (χ1n) is 7.34. The number of hydrogen-bond acceptors (Lipinski definition) is 1. The molecule has 0 bridgehead atoms. The summed E-state index contributed by atoms with van der Waals surface area (Å²) in [5.41, 5.74) is 1.50. The van der Waals surface area contributed by atoms with Gasteiger partial charge in [-0.05, 0) is 27.7 Å². The summed E-state index contributed by atoms with van der Waals surface area (Å²) in [6.45, 7) is 6.12. The van der Waals surface area contributed by atoms with Gasteiger partial charge >= 0.3 is 0 Å². The Hall–Kier alpha value is -1.83. The Morgan fingerprint density at radius 1 is 1.15 bits per heavy atom. The highest BCUT2D eigenvalue weighted by Gasteiger charge is 2.67. The van der Waals surface area contributed by atoms with Crippen LogP contribution < -0.4 is 0 Å². The molecule has 2 aromatic rings. The number of hydrogen-bond donors (Lipinski definition) is 0. The van der Waals surface area contributed by atoms with Crippen LogP contribution in [-0.2, 0) is 11.3 Å². The molecule has 1 aliphatic carbocycles. The van der Waals surface area contributed by atoms with Crippen LogP contribution >= 0.6 is 0 Å². The molecular weight excluding hydrogens is 246 g/mol. The van der Waals surface area contributed by atoms with Gasteiger partial charge in [-0.2, -0.15) is 0 Å². The minimum atomic E-state index is 0.242. The van der Waals surface area contributed by atoms with E-state index in [0.717, 1.165) is 13.1 Å². The van der Waals surface area contributed by atoms with Crippen molar-refractivity contribution in [2.24, 2.45) is 17.3 Å². The van der Waals surface area contributed by atoms with E-state index in [9.17, 15) is 4.79 Å². The smallest absolute Gasteiger partial charge is 0.226 e. The Bertz CT molecular complexity index is 698. The average molecular weight is 265 g/mol. The average Bonchev–Trinajstić information content (AvgIpc) is 2.79. The fraction of sp³-hybridized carbons (Fsp3) is 0.389. The van der Waals surface area contributed by atoms with Gasteiger partial charge in [-0.1, -0.05) is 56.3 Å². The molecule has 2 aromatic carbocycles. The fourth-order valence-corrected chi connectivity index (χ4v) is 3.88. The molecular formula is C18H19NO. The van der Waals surface area contributed by atoms with Crippen molar-refractivity contribution in [2.75, 3.05) is 6.54 Å². The number of fused-ring (bicyclic) bond motifs is 2. The molecule has 2 aliphatic rings. The van der Waals surface area contributed by atoms with Crippen molar-refractivity contribution >= 4 is 16.7 Å². The molecule has 102 valence electrons. The van der Waals surface area contributed by atoms with Crippen LogP contribution in [0.3, 0.4) is 0 Å². The molecule has 2 heteroatoms. The van der Waals surface area contributed by atoms with E-state index in [0.29, 0.717) is 11.8 Å². The summed E-state index contributed by atoms with van der Waals surface area (Å²) < 4.78 is 0. The third kappa shape index (κ3) is 1.54. The molecule has 0 N–H and O–H groups in total. The number of piperidine rings is 1. The van der Waals surface area contributed by atoms with Crippen molar-refractivity contribution in [3.63, 3.8) is 0 Å². The van der Waals surface area contributed by atoms with Gasteiger partial charge in [-0.15, -0.1) is 0 Å². The van der Waals surface area contributed by atoms with Crippen molar-refractivity contribution < 1.29 is 4.79 Å². The summed E-state index contributed by atoms with van der Waals surface area (Å²) in [6.07, 6.45) is 0. The summed E-state index contributed by atoms with van der Waals surface area (Å²) in [5, 5.41) is 2.52. The molecule has 0 spiro atoms. The zero-order chi connectivity index (χ0) is 13.9. The second-order valence-electron chi connectivity index (χ2n) is 6.76. The molecule has 2 fully saturated rings. The minimum Gasteiger partial charge on any atom is -0.338 e. The minimum absolute atomic E-state index is 0.242. The molecule has 20 heavy (non-hydrogen) atoms. The zero-order valence-electron chi connectivity index (χ0n) is 12.0. The number of nitrogens with zero attached hydrogens (tertiary/aromatic N) is 1. The van der Waals surface area contributed by atoms with Gasteiger partial charge < -0.3 is 4.90 Å².